The minimum Gasteiger partial charge on any atom is -0.478 e. The number of para-hydroxylation sites is 3. The average molecular weight is 350 g/mol. The molecule has 3 aromatic carbocycles. The zero-order valence-electron chi connectivity index (χ0n) is 14.2. The lowest BCUT2D eigenvalue weighted by molar-refractivity contribution is 0.0698. The monoisotopic (exact) mass is 350 g/mol. The number of nitrogens with two attached hydrogens (primary N) is 2. The van der Waals surface area contributed by atoms with Crippen molar-refractivity contribution in [1.82, 2.24) is 0 Å². The number of rotatable bonds is 5. The molecule has 3 rings (SSSR count). The molecule has 0 atom stereocenters. The summed E-state index contributed by atoms with van der Waals surface area (Å²) in [6.45, 7) is 0.730. The van der Waals surface area contributed by atoms with Crippen LogP contribution < -0.4 is 22.1 Å². The molecular weight excluding hydrogens is 328 g/mol. The van der Waals surface area contributed by atoms with Crippen LogP contribution in [0.4, 0.5) is 22.7 Å². The summed E-state index contributed by atoms with van der Waals surface area (Å²) < 4.78 is 0. The molecule has 0 unspecified atom stereocenters. The van der Waals surface area contributed by atoms with Crippen molar-refractivity contribution in [3.8, 4) is 0 Å². The standard InChI is InChI=1S/C13H14N2.C7H8N2O2/c1-3-7-12(8-4-1)14-11-15-13-9-5-2-6-10-13;8-5-3-1-2-4(6(5)9)7(10)11/h1-10,14-15H,11H2;1-3H,8-9H2,(H,10,11). The number of benzene rings is 3. The number of hydrogen-bond donors (Lipinski definition) is 5. The molecule has 0 aliphatic heterocycles. The molecule has 0 heterocycles. The minimum atomic E-state index is -1.06. The van der Waals surface area contributed by atoms with Crippen molar-refractivity contribution >= 4 is 28.7 Å². The van der Waals surface area contributed by atoms with Crippen LogP contribution in [0.5, 0.6) is 0 Å². The largest absolute Gasteiger partial charge is 0.478 e. The Balaban J connectivity index is 0.000000197. The zero-order chi connectivity index (χ0) is 18.8. The van der Waals surface area contributed by atoms with E-state index in [9.17, 15) is 4.79 Å². The molecule has 0 aliphatic rings. The summed E-state index contributed by atoms with van der Waals surface area (Å²) >= 11 is 0. The van der Waals surface area contributed by atoms with Crippen molar-refractivity contribution in [2.75, 3.05) is 28.8 Å². The molecule has 0 radical (unpaired) electrons. The molecule has 6 heteroatoms. The van der Waals surface area contributed by atoms with Crippen molar-refractivity contribution in [3.05, 3.63) is 84.4 Å². The molecule has 3 aromatic rings. The third-order valence-electron chi connectivity index (χ3n) is 3.50. The van der Waals surface area contributed by atoms with Gasteiger partial charge in [-0.2, -0.15) is 0 Å². The molecule has 0 spiro atoms. The van der Waals surface area contributed by atoms with Crippen LogP contribution in [0.15, 0.2) is 78.9 Å². The van der Waals surface area contributed by atoms with E-state index in [0.717, 1.165) is 18.0 Å². The molecule has 0 saturated heterocycles. The normalized spacial score (nSPS) is 9.54. The highest BCUT2D eigenvalue weighted by atomic mass is 16.4. The fourth-order valence-electron chi connectivity index (χ4n) is 2.13. The molecule has 0 saturated carbocycles. The lowest BCUT2D eigenvalue weighted by Crippen LogP contribution is -2.11. The Morgan fingerprint density at radius 1 is 0.769 bits per heavy atom. The molecule has 6 nitrogen and oxygen atoms in total. The summed E-state index contributed by atoms with van der Waals surface area (Å²) in [7, 11) is 0. The van der Waals surface area contributed by atoms with Gasteiger partial charge in [-0.05, 0) is 36.4 Å². The lowest BCUT2D eigenvalue weighted by Gasteiger charge is -2.08. The Morgan fingerprint density at radius 2 is 1.27 bits per heavy atom. The van der Waals surface area contributed by atoms with Crippen LogP contribution in [0.2, 0.25) is 0 Å². The number of nitrogens with one attached hydrogen (secondary N) is 2. The Labute approximate surface area is 152 Å². The van der Waals surface area contributed by atoms with E-state index in [-0.39, 0.29) is 11.3 Å². The van der Waals surface area contributed by atoms with Crippen LogP contribution in [-0.4, -0.2) is 17.7 Å². The van der Waals surface area contributed by atoms with Crippen LogP contribution in [0, 0.1) is 0 Å². The van der Waals surface area contributed by atoms with E-state index in [1.807, 2.05) is 60.7 Å². The molecule has 7 N–H and O–H groups in total. The maximum absolute atomic E-state index is 10.4. The van der Waals surface area contributed by atoms with Crippen molar-refractivity contribution < 1.29 is 9.90 Å². The summed E-state index contributed by atoms with van der Waals surface area (Å²) in [4.78, 5) is 10.4. The van der Waals surface area contributed by atoms with E-state index in [1.54, 1.807) is 12.1 Å². The third-order valence-corrected chi connectivity index (χ3v) is 3.50. The fraction of sp³-hybridized carbons (Fsp3) is 0.0500. The summed E-state index contributed by atoms with van der Waals surface area (Å²) in [5.74, 6) is -1.06. The van der Waals surface area contributed by atoms with Gasteiger partial charge in [-0.15, -0.1) is 0 Å². The van der Waals surface area contributed by atoms with Gasteiger partial charge >= 0.3 is 5.97 Å². The quantitative estimate of drug-likeness (QED) is 0.354. The van der Waals surface area contributed by atoms with E-state index in [2.05, 4.69) is 10.6 Å². The second-order valence-corrected chi connectivity index (χ2v) is 5.38. The fourth-order valence-corrected chi connectivity index (χ4v) is 2.13. The van der Waals surface area contributed by atoms with Gasteiger partial charge in [-0.3, -0.25) is 0 Å². The lowest BCUT2D eigenvalue weighted by atomic mass is 10.1. The van der Waals surface area contributed by atoms with Crippen LogP contribution in [0.25, 0.3) is 0 Å². The van der Waals surface area contributed by atoms with E-state index in [0.29, 0.717) is 5.69 Å². The van der Waals surface area contributed by atoms with Gasteiger partial charge in [0, 0.05) is 11.4 Å². The van der Waals surface area contributed by atoms with Crippen molar-refractivity contribution in [3.63, 3.8) is 0 Å². The van der Waals surface area contributed by atoms with Gasteiger partial charge in [0.05, 0.1) is 23.6 Å². The van der Waals surface area contributed by atoms with E-state index < -0.39 is 5.97 Å². The van der Waals surface area contributed by atoms with Gasteiger partial charge in [-0.25, -0.2) is 4.79 Å². The maximum Gasteiger partial charge on any atom is 0.337 e. The van der Waals surface area contributed by atoms with Crippen LogP contribution in [0.1, 0.15) is 10.4 Å². The van der Waals surface area contributed by atoms with Gasteiger partial charge < -0.3 is 27.2 Å². The predicted octanol–water partition coefficient (Wildman–Crippen LogP) is 3.72. The highest BCUT2D eigenvalue weighted by Crippen LogP contribution is 2.18. The molecule has 0 amide bonds. The van der Waals surface area contributed by atoms with Crippen LogP contribution in [0.3, 0.4) is 0 Å². The van der Waals surface area contributed by atoms with Crippen LogP contribution >= 0.6 is 0 Å². The predicted molar refractivity (Wildman–Crippen MR) is 107 cm³/mol. The van der Waals surface area contributed by atoms with Gasteiger partial charge in [-0.1, -0.05) is 42.5 Å². The number of aromatic carboxylic acids is 1. The molecule has 0 aliphatic carbocycles. The van der Waals surface area contributed by atoms with Crippen LogP contribution in [-0.2, 0) is 0 Å². The smallest absolute Gasteiger partial charge is 0.337 e. The number of carbonyl (C=O) groups is 1. The van der Waals surface area contributed by atoms with Crippen molar-refractivity contribution in [1.29, 1.82) is 0 Å². The number of anilines is 4. The zero-order valence-corrected chi connectivity index (χ0v) is 14.2. The topological polar surface area (TPSA) is 113 Å². The Kier molecular flexibility index (Phi) is 6.88. The number of carboxylic acids is 1. The molecule has 26 heavy (non-hydrogen) atoms. The van der Waals surface area contributed by atoms with Gasteiger partial charge in [0.15, 0.2) is 0 Å². The van der Waals surface area contributed by atoms with E-state index >= 15 is 0 Å². The first-order chi connectivity index (χ1) is 12.6. The highest BCUT2D eigenvalue weighted by molar-refractivity contribution is 5.96. The molecule has 0 fully saturated rings. The number of hydrogen-bond acceptors (Lipinski definition) is 5. The highest BCUT2D eigenvalue weighted by Gasteiger charge is 2.07. The first-order valence-electron chi connectivity index (χ1n) is 8.03. The third kappa shape index (κ3) is 5.76. The van der Waals surface area contributed by atoms with E-state index in [1.165, 1.54) is 6.07 Å². The van der Waals surface area contributed by atoms with Crippen molar-refractivity contribution in [2.24, 2.45) is 0 Å². The van der Waals surface area contributed by atoms with Gasteiger partial charge in [0.1, 0.15) is 0 Å². The summed E-state index contributed by atoms with van der Waals surface area (Å²) in [6, 6.07) is 24.8. The Hall–Kier alpha value is -3.67. The van der Waals surface area contributed by atoms with Gasteiger partial charge in [0.25, 0.3) is 0 Å². The molecular formula is C20H22N4O2. The van der Waals surface area contributed by atoms with Gasteiger partial charge in [0.2, 0.25) is 0 Å². The minimum absolute atomic E-state index is 0.0463. The second-order valence-electron chi connectivity index (χ2n) is 5.38. The number of nitrogen functional groups attached to an aromatic ring is 2. The SMILES string of the molecule is Nc1cccc(C(=O)O)c1N.c1ccc(NCNc2ccccc2)cc1. The molecule has 134 valence electrons. The Morgan fingerprint density at radius 3 is 1.69 bits per heavy atom. The summed E-state index contributed by atoms with van der Waals surface area (Å²) in [6.07, 6.45) is 0. The molecule has 0 aromatic heterocycles. The summed E-state index contributed by atoms with van der Waals surface area (Å²) in [5, 5.41) is 15.1. The Bertz CT molecular complexity index is 784. The maximum atomic E-state index is 10.4. The summed E-state index contributed by atoms with van der Waals surface area (Å²) in [5.41, 5.74) is 13.5. The second kappa shape index (κ2) is 9.58. The average Bonchev–Trinajstić information content (AvgIpc) is 2.66. The first kappa shape index (κ1) is 18.7. The first-order valence-corrected chi connectivity index (χ1v) is 8.03. The number of carboxylic acid groups (broad SMARTS) is 1. The van der Waals surface area contributed by atoms with E-state index in [4.69, 9.17) is 16.6 Å². The van der Waals surface area contributed by atoms with Crippen molar-refractivity contribution in [2.45, 2.75) is 0 Å². The molecule has 0 bridgehead atoms.